The molecule has 1 heteroatoms. The fourth-order valence-electron chi connectivity index (χ4n) is 2.91. The van der Waals surface area contributed by atoms with Crippen LogP contribution in [0.15, 0.2) is 42.5 Å². The van der Waals surface area contributed by atoms with E-state index < -0.39 is 0 Å². The van der Waals surface area contributed by atoms with Crippen molar-refractivity contribution in [1.82, 2.24) is 5.32 Å². The Labute approximate surface area is 129 Å². The van der Waals surface area contributed by atoms with Crippen molar-refractivity contribution >= 4 is 0 Å². The Kier molecular flexibility index (Phi) is 5.19. The summed E-state index contributed by atoms with van der Waals surface area (Å²) in [6.45, 7) is 8.92. The standard InChI is InChI=1S/C20H27N/c1-14(2)13-17-9-11-18(12-10-17)20(21-5)19-8-6-7-15(3)16(19)4/h6-12,14,20-21H,13H2,1-5H3. The molecule has 2 rings (SSSR count). The molecular weight excluding hydrogens is 254 g/mol. The Hall–Kier alpha value is -1.60. The molecule has 0 fully saturated rings. The van der Waals surface area contributed by atoms with Gasteiger partial charge in [0.15, 0.2) is 0 Å². The molecule has 0 radical (unpaired) electrons. The topological polar surface area (TPSA) is 12.0 Å². The van der Waals surface area contributed by atoms with Gasteiger partial charge in [0.1, 0.15) is 0 Å². The van der Waals surface area contributed by atoms with Gasteiger partial charge in [-0.05, 0) is 61.1 Å². The van der Waals surface area contributed by atoms with Crippen molar-refractivity contribution in [2.75, 3.05) is 7.05 Å². The zero-order valence-corrected chi connectivity index (χ0v) is 13.9. The van der Waals surface area contributed by atoms with E-state index in [1.807, 2.05) is 7.05 Å². The lowest BCUT2D eigenvalue weighted by Gasteiger charge is -2.21. The highest BCUT2D eigenvalue weighted by molar-refractivity contribution is 5.41. The summed E-state index contributed by atoms with van der Waals surface area (Å²) in [5.74, 6) is 0.704. The Morgan fingerprint density at radius 2 is 1.62 bits per heavy atom. The van der Waals surface area contributed by atoms with Gasteiger partial charge in [0.2, 0.25) is 0 Å². The average Bonchev–Trinajstić information content (AvgIpc) is 2.45. The molecule has 112 valence electrons. The van der Waals surface area contributed by atoms with Crippen molar-refractivity contribution in [3.63, 3.8) is 0 Å². The number of nitrogens with one attached hydrogen (secondary N) is 1. The maximum Gasteiger partial charge on any atom is 0.0576 e. The lowest BCUT2D eigenvalue weighted by atomic mass is 9.91. The Bertz CT molecular complexity index is 581. The van der Waals surface area contributed by atoms with Gasteiger partial charge in [0.25, 0.3) is 0 Å². The van der Waals surface area contributed by atoms with E-state index in [9.17, 15) is 0 Å². The molecule has 0 heterocycles. The first-order valence-corrected chi connectivity index (χ1v) is 7.85. The zero-order chi connectivity index (χ0) is 15.4. The summed E-state index contributed by atoms with van der Waals surface area (Å²) in [4.78, 5) is 0. The molecule has 0 aromatic heterocycles. The normalized spacial score (nSPS) is 12.7. The number of hydrogen-bond acceptors (Lipinski definition) is 1. The predicted octanol–water partition coefficient (Wildman–Crippen LogP) is 4.81. The van der Waals surface area contributed by atoms with E-state index in [1.165, 1.54) is 27.8 Å². The molecule has 2 aromatic carbocycles. The summed E-state index contributed by atoms with van der Waals surface area (Å²) in [6.07, 6.45) is 1.15. The summed E-state index contributed by atoms with van der Waals surface area (Å²) < 4.78 is 0. The first kappa shape index (κ1) is 15.8. The minimum atomic E-state index is 0.262. The van der Waals surface area contributed by atoms with Gasteiger partial charge < -0.3 is 5.32 Å². The van der Waals surface area contributed by atoms with Crippen molar-refractivity contribution in [3.8, 4) is 0 Å². The molecule has 1 nitrogen and oxygen atoms in total. The second kappa shape index (κ2) is 6.91. The average molecular weight is 281 g/mol. The summed E-state index contributed by atoms with van der Waals surface area (Å²) >= 11 is 0. The number of aryl methyl sites for hydroxylation is 1. The van der Waals surface area contributed by atoms with Crippen molar-refractivity contribution in [3.05, 3.63) is 70.3 Å². The van der Waals surface area contributed by atoms with Crippen LogP contribution in [0.5, 0.6) is 0 Å². The third kappa shape index (κ3) is 3.74. The van der Waals surface area contributed by atoms with Crippen molar-refractivity contribution in [2.45, 2.75) is 40.2 Å². The molecule has 0 aliphatic heterocycles. The second-order valence-corrected chi connectivity index (χ2v) is 6.35. The molecule has 0 saturated carbocycles. The maximum atomic E-state index is 3.46. The molecule has 1 unspecified atom stereocenters. The summed E-state index contributed by atoms with van der Waals surface area (Å²) in [7, 11) is 2.04. The molecule has 1 N–H and O–H groups in total. The van der Waals surface area contributed by atoms with Gasteiger partial charge in [-0.15, -0.1) is 0 Å². The number of hydrogen-bond donors (Lipinski definition) is 1. The Balaban J connectivity index is 2.31. The molecule has 2 aromatic rings. The molecule has 0 spiro atoms. The van der Waals surface area contributed by atoms with Crippen molar-refractivity contribution < 1.29 is 0 Å². The Morgan fingerprint density at radius 1 is 0.952 bits per heavy atom. The van der Waals surface area contributed by atoms with Gasteiger partial charge in [-0.2, -0.15) is 0 Å². The van der Waals surface area contributed by atoms with Gasteiger partial charge in [0.05, 0.1) is 6.04 Å². The van der Waals surface area contributed by atoms with Crippen LogP contribution in [0, 0.1) is 19.8 Å². The number of benzene rings is 2. The van der Waals surface area contributed by atoms with Crippen LogP contribution in [-0.2, 0) is 6.42 Å². The van der Waals surface area contributed by atoms with E-state index in [2.05, 4.69) is 75.5 Å². The third-order valence-corrected chi connectivity index (χ3v) is 4.20. The summed E-state index contributed by atoms with van der Waals surface area (Å²) in [5, 5.41) is 3.46. The third-order valence-electron chi connectivity index (χ3n) is 4.20. The molecule has 0 amide bonds. The lowest BCUT2D eigenvalue weighted by Crippen LogP contribution is -2.19. The van der Waals surface area contributed by atoms with E-state index in [4.69, 9.17) is 0 Å². The minimum absolute atomic E-state index is 0.262. The van der Waals surface area contributed by atoms with Crippen LogP contribution >= 0.6 is 0 Å². The molecular formula is C20H27N. The lowest BCUT2D eigenvalue weighted by molar-refractivity contribution is 0.645. The van der Waals surface area contributed by atoms with Crippen molar-refractivity contribution in [2.24, 2.45) is 5.92 Å². The van der Waals surface area contributed by atoms with Crippen LogP contribution in [0.4, 0.5) is 0 Å². The molecule has 1 atom stereocenters. The fourth-order valence-corrected chi connectivity index (χ4v) is 2.91. The zero-order valence-electron chi connectivity index (χ0n) is 13.9. The van der Waals surface area contributed by atoms with E-state index in [-0.39, 0.29) is 6.04 Å². The van der Waals surface area contributed by atoms with Gasteiger partial charge in [-0.1, -0.05) is 56.3 Å². The minimum Gasteiger partial charge on any atom is -0.309 e. The van der Waals surface area contributed by atoms with Crippen LogP contribution in [0.3, 0.4) is 0 Å². The van der Waals surface area contributed by atoms with Crippen LogP contribution < -0.4 is 5.32 Å². The first-order valence-electron chi connectivity index (χ1n) is 7.85. The van der Waals surface area contributed by atoms with Gasteiger partial charge >= 0.3 is 0 Å². The maximum absolute atomic E-state index is 3.46. The van der Waals surface area contributed by atoms with E-state index >= 15 is 0 Å². The van der Waals surface area contributed by atoms with E-state index in [0.29, 0.717) is 5.92 Å². The van der Waals surface area contributed by atoms with E-state index in [0.717, 1.165) is 6.42 Å². The molecule has 0 bridgehead atoms. The van der Waals surface area contributed by atoms with Crippen LogP contribution in [0.1, 0.15) is 47.7 Å². The molecule has 0 saturated heterocycles. The van der Waals surface area contributed by atoms with Gasteiger partial charge in [-0.3, -0.25) is 0 Å². The largest absolute Gasteiger partial charge is 0.309 e. The quantitative estimate of drug-likeness (QED) is 0.829. The van der Waals surface area contributed by atoms with Crippen LogP contribution in [0.25, 0.3) is 0 Å². The Morgan fingerprint density at radius 3 is 2.19 bits per heavy atom. The summed E-state index contributed by atoms with van der Waals surface area (Å²) in [6, 6.07) is 15.9. The van der Waals surface area contributed by atoms with Crippen LogP contribution in [-0.4, -0.2) is 7.05 Å². The number of rotatable bonds is 5. The smallest absolute Gasteiger partial charge is 0.0576 e. The monoisotopic (exact) mass is 281 g/mol. The highest BCUT2D eigenvalue weighted by Gasteiger charge is 2.14. The predicted molar refractivity (Wildman–Crippen MR) is 91.8 cm³/mol. The second-order valence-electron chi connectivity index (χ2n) is 6.35. The van der Waals surface area contributed by atoms with Crippen molar-refractivity contribution in [1.29, 1.82) is 0 Å². The van der Waals surface area contributed by atoms with E-state index in [1.54, 1.807) is 0 Å². The molecule has 21 heavy (non-hydrogen) atoms. The fraction of sp³-hybridized carbons (Fsp3) is 0.400. The molecule has 0 aliphatic rings. The van der Waals surface area contributed by atoms with Gasteiger partial charge in [-0.25, -0.2) is 0 Å². The molecule has 0 aliphatic carbocycles. The summed E-state index contributed by atoms with van der Waals surface area (Å²) in [5.41, 5.74) is 6.85. The SMILES string of the molecule is CNC(c1ccc(CC(C)C)cc1)c1cccc(C)c1C. The highest BCUT2D eigenvalue weighted by Crippen LogP contribution is 2.26. The van der Waals surface area contributed by atoms with Crippen LogP contribution in [0.2, 0.25) is 0 Å². The first-order chi connectivity index (χ1) is 10.0. The van der Waals surface area contributed by atoms with Gasteiger partial charge in [0, 0.05) is 0 Å². The highest BCUT2D eigenvalue weighted by atomic mass is 14.9.